The van der Waals surface area contributed by atoms with Gasteiger partial charge in [0.1, 0.15) is 12.2 Å². The molecule has 0 amide bonds. The van der Waals surface area contributed by atoms with Crippen LogP contribution >= 0.6 is 0 Å². The first-order chi connectivity index (χ1) is 9.72. The van der Waals surface area contributed by atoms with Crippen molar-refractivity contribution in [2.75, 3.05) is 0 Å². The summed E-state index contributed by atoms with van der Waals surface area (Å²) in [7, 11) is 0. The highest BCUT2D eigenvalue weighted by Crippen LogP contribution is 2.35. The van der Waals surface area contributed by atoms with Gasteiger partial charge in [0.05, 0.1) is 0 Å². The average molecular weight is 300 g/mol. The van der Waals surface area contributed by atoms with E-state index in [4.69, 9.17) is 14.6 Å². The number of esters is 2. The third-order valence-electron chi connectivity index (χ3n) is 4.19. The lowest BCUT2D eigenvalue weighted by Gasteiger charge is -2.37. The molecular weight excluding hydrogens is 272 g/mol. The summed E-state index contributed by atoms with van der Waals surface area (Å²) in [5, 5.41) is 9.10. The molecule has 1 fully saturated rings. The van der Waals surface area contributed by atoms with Gasteiger partial charge in [0.2, 0.25) is 0 Å². The lowest BCUT2D eigenvalue weighted by atomic mass is 9.75. The van der Waals surface area contributed by atoms with Crippen molar-refractivity contribution < 1.29 is 24.2 Å². The van der Waals surface area contributed by atoms with Crippen LogP contribution in [0.25, 0.3) is 0 Å². The largest absolute Gasteiger partial charge is 0.459 e. The van der Waals surface area contributed by atoms with Crippen molar-refractivity contribution in [3.05, 3.63) is 0 Å². The van der Waals surface area contributed by atoms with E-state index in [2.05, 4.69) is 20.8 Å². The molecule has 0 heterocycles. The van der Waals surface area contributed by atoms with Crippen LogP contribution in [0.4, 0.5) is 0 Å². The van der Waals surface area contributed by atoms with Gasteiger partial charge in [0.15, 0.2) is 6.10 Å². The summed E-state index contributed by atoms with van der Waals surface area (Å²) >= 11 is 0. The minimum absolute atomic E-state index is 0.117. The molecule has 0 radical (unpaired) electrons. The van der Waals surface area contributed by atoms with E-state index in [1.807, 2.05) is 0 Å². The Morgan fingerprint density at radius 3 is 2.24 bits per heavy atom. The Bertz CT molecular complexity index is 364. The highest BCUT2D eigenvalue weighted by atomic mass is 16.6. The molecule has 0 spiro atoms. The van der Waals surface area contributed by atoms with E-state index in [1.165, 1.54) is 13.8 Å². The molecule has 0 aliphatic heterocycles. The van der Waals surface area contributed by atoms with E-state index in [0.29, 0.717) is 17.8 Å². The third kappa shape index (κ3) is 5.30. The van der Waals surface area contributed by atoms with Crippen LogP contribution in [0.15, 0.2) is 0 Å². The molecule has 0 aromatic carbocycles. The number of carbonyl (C=O) groups excluding carboxylic acids is 2. The molecule has 1 saturated carbocycles. The molecule has 21 heavy (non-hydrogen) atoms. The third-order valence-corrected chi connectivity index (χ3v) is 4.19. The molecule has 1 aliphatic rings. The highest BCUT2D eigenvalue weighted by molar-refractivity contribution is 5.80. The summed E-state index contributed by atoms with van der Waals surface area (Å²) in [6, 6.07) is 0. The molecule has 5 unspecified atom stereocenters. The minimum Gasteiger partial charge on any atom is -0.459 e. The predicted molar refractivity (Wildman–Crippen MR) is 78.5 cm³/mol. The fraction of sp³-hybridized carbons (Fsp3) is 0.875. The zero-order valence-electron chi connectivity index (χ0n) is 13.7. The number of ether oxygens (including phenoxy) is 2. The lowest BCUT2D eigenvalue weighted by Crippen LogP contribution is -2.39. The lowest BCUT2D eigenvalue weighted by molar-refractivity contribution is -0.178. The second kappa shape index (κ2) is 7.78. The van der Waals surface area contributed by atoms with Gasteiger partial charge in [-0.3, -0.25) is 0 Å². The van der Waals surface area contributed by atoms with E-state index >= 15 is 0 Å². The van der Waals surface area contributed by atoms with Crippen molar-refractivity contribution in [3.8, 4) is 0 Å². The van der Waals surface area contributed by atoms with Gasteiger partial charge in [0, 0.05) is 0 Å². The van der Waals surface area contributed by atoms with Crippen LogP contribution in [0.1, 0.15) is 53.9 Å². The Balaban J connectivity index is 2.59. The zero-order valence-corrected chi connectivity index (χ0v) is 13.7. The number of aliphatic hydroxyl groups is 1. The minimum atomic E-state index is -1.24. The van der Waals surface area contributed by atoms with Crippen LogP contribution in [-0.4, -0.2) is 35.4 Å². The average Bonchev–Trinajstić information content (AvgIpc) is 2.37. The highest BCUT2D eigenvalue weighted by Gasteiger charge is 2.35. The summed E-state index contributed by atoms with van der Waals surface area (Å²) in [6.07, 6.45) is 0.720. The van der Waals surface area contributed by atoms with E-state index in [9.17, 15) is 9.59 Å². The second-order valence-electron chi connectivity index (χ2n) is 6.56. The Morgan fingerprint density at radius 2 is 1.71 bits per heavy atom. The Labute approximate surface area is 127 Å². The molecule has 1 N–H and O–H groups in total. The predicted octanol–water partition coefficient (Wildman–Crippen LogP) is 2.30. The topological polar surface area (TPSA) is 72.8 Å². The maximum Gasteiger partial charge on any atom is 0.347 e. The Morgan fingerprint density at radius 1 is 1.10 bits per heavy atom. The van der Waals surface area contributed by atoms with Crippen LogP contribution in [0.3, 0.4) is 0 Å². The van der Waals surface area contributed by atoms with Crippen molar-refractivity contribution in [2.24, 2.45) is 17.8 Å². The van der Waals surface area contributed by atoms with Crippen molar-refractivity contribution in [3.63, 3.8) is 0 Å². The molecule has 5 heteroatoms. The van der Waals surface area contributed by atoms with Gasteiger partial charge in [-0.15, -0.1) is 0 Å². The summed E-state index contributed by atoms with van der Waals surface area (Å²) in [6.45, 7) is 9.21. The quantitative estimate of drug-likeness (QED) is 0.789. The maximum absolute atomic E-state index is 12.1. The molecule has 0 saturated heterocycles. The van der Waals surface area contributed by atoms with E-state index in [-0.39, 0.29) is 6.10 Å². The summed E-state index contributed by atoms with van der Waals surface area (Å²) in [5.74, 6) is -0.00539. The van der Waals surface area contributed by atoms with Crippen LogP contribution < -0.4 is 0 Å². The van der Waals surface area contributed by atoms with E-state index in [0.717, 1.165) is 19.3 Å². The van der Waals surface area contributed by atoms with Crippen LogP contribution in [0.5, 0.6) is 0 Å². The molecular formula is C16H28O5. The number of aliphatic hydroxyl groups excluding tert-OH is 1. The van der Waals surface area contributed by atoms with Gasteiger partial charge in [-0.25, -0.2) is 9.59 Å². The van der Waals surface area contributed by atoms with Crippen molar-refractivity contribution in [1.29, 1.82) is 0 Å². The van der Waals surface area contributed by atoms with Gasteiger partial charge in [0.25, 0.3) is 0 Å². The van der Waals surface area contributed by atoms with Crippen molar-refractivity contribution in [2.45, 2.75) is 72.2 Å². The van der Waals surface area contributed by atoms with Gasteiger partial charge < -0.3 is 14.6 Å². The van der Waals surface area contributed by atoms with Crippen molar-refractivity contribution >= 4 is 11.9 Å². The van der Waals surface area contributed by atoms with Gasteiger partial charge in [-0.2, -0.15) is 0 Å². The Hall–Kier alpha value is -1.10. The monoisotopic (exact) mass is 300 g/mol. The van der Waals surface area contributed by atoms with Gasteiger partial charge in [-0.05, 0) is 44.4 Å². The van der Waals surface area contributed by atoms with Crippen LogP contribution in [0.2, 0.25) is 0 Å². The SMILES string of the molecule is CC1CCC(C(C)C)C(OC(=O)C(C)OC(=O)C(C)O)C1. The molecule has 1 aliphatic carbocycles. The molecule has 0 aromatic heterocycles. The summed E-state index contributed by atoms with van der Waals surface area (Å²) in [4.78, 5) is 23.4. The van der Waals surface area contributed by atoms with Crippen LogP contribution in [-0.2, 0) is 19.1 Å². The second-order valence-corrected chi connectivity index (χ2v) is 6.56. The van der Waals surface area contributed by atoms with Crippen LogP contribution in [0, 0.1) is 17.8 Å². The first-order valence-corrected chi connectivity index (χ1v) is 7.81. The van der Waals surface area contributed by atoms with E-state index < -0.39 is 24.1 Å². The van der Waals surface area contributed by atoms with E-state index in [1.54, 1.807) is 0 Å². The number of rotatable bonds is 5. The number of hydrogen-bond donors (Lipinski definition) is 1. The van der Waals surface area contributed by atoms with Gasteiger partial charge in [-0.1, -0.05) is 27.2 Å². The summed E-state index contributed by atoms with van der Waals surface area (Å²) in [5.41, 5.74) is 0. The normalized spacial score (nSPS) is 28.8. The fourth-order valence-corrected chi connectivity index (χ4v) is 2.82. The maximum atomic E-state index is 12.1. The molecule has 122 valence electrons. The zero-order chi connectivity index (χ0) is 16.2. The number of hydrogen-bond acceptors (Lipinski definition) is 5. The fourth-order valence-electron chi connectivity index (χ4n) is 2.82. The van der Waals surface area contributed by atoms with Gasteiger partial charge >= 0.3 is 11.9 Å². The summed E-state index contributed by atoms with van der Waals surface area (Å²) < 4.78 is 10.5. The first-order valence-electron chi connectivity index (χ1n) is 7.81. The smallest absolute Gasteiger partial charge is 0.347 e. The standard InChI is InChI=1S/C16H28O5/c1-9(2)13-7-6-10(3)8-14(13)21-16(19)12(5)20-15(18)11(4)17/h9-14,17H,6-8H2,1-5H3. The molecule has 0 aromatic rings. The molecule has 5 nitrogen and oxygen atoms in total. The first kappa shape index (κ1) is 18.0. The molecule has 0 bridgehead atoms. The molecule has 5 atom stereocenters. The Kier molecular flexibility index (Phi) is 6.65. The number of carbonyl (C=O) groups is 2. The van der Waals surface area contributed by atoms with Crippen molar-refractivity contribution in [1.82, 2.24) is 0 Å². The molecule has 1 rings (SSSR count).